The average Bonchev–Trinajstić information content (AvgIpc) is 2.66. The van der Waals surface area contributed by atoms with Crippen molar-refractivity contribution in [2.45, 2.75) is 20.3 Å². The van der Waals surface area contributed by atoms with Crippen LogP contribution >= 0.6 is 15.9 Å². The zero-order valence-corrected chi connectivity index (χ0v) is 11.8. The van der Waals surface area contributed by atoms with Crippen molar-refractivity contribution in [2.24, 2.45) is 5.92 Å². The predicted octanol–water partition coefficient (Wildman–Crippen LogP) is 2.50. The van der Waals surface area contributed by atoms with Gasteiger partial charge < -0.3 is 10.0 Å². The fourth-order valence-electron chi connectivity index (χ4n) is 2.21. The molecule has 0 aromatic heterocycles. The van der Waals surface area contributed by atoms with Crippen LogP contribution in [0.15, 0.2) is 16.6 Å². The number of halogens is 1. The second-order valence-electron chi connectivity index (χ2n) is 4.63. The molecule has 18 heavy (non-hydrogen) atoms. The first-order chi connectivity index (χ1) is 8.40. The lowest BCUT2D eigenvalue weighted by Crippen LogP contribution is -2.26. The van der Waals surface area contributed by atoms with Crippen molar-refractivity contribution < 1.29 is 14.7 Å². The molecule has 0 saturated carbocycles. The summed E-state index contributed by atoms with van der Waals surface area (Å²) in [5, 5.41) is 8.98. The first-order valence-corrected chi connectivity index (χ1v) is 6.49. The van der Waals surface area contributed by atoms with Crippen molar-refractivity contribution in [1.82, 2.24) is 0 Å². The van der Waals surface area contributed by atoms with E-state index in [-0.39, 0.29) is 18.9 Å². The highest BCUT2D eigenvalue weighted by Crippen LogP contribution is 2.32. The largest absolute Gasteiger partial charge is 0.481 e. The number of amides is 1. The summed E-state index contributed by atoms with van der Waals surface area (Å²) < 4.78 is 0.926. The molecule has 0 spiro atoms. The summed E-state index contributed by atoms with van der Waals surface area (Å²) in [6.45, 7) is 4.16. The van der Waals surface area contributed by atoms with Crippen LogP contribution in [0.3, 0.4) is 0 Å². The van der Waals surface area contributed by atoms with Gasteiger partial charge >= 0.3 is 5.97 Å². The van der Waals surface area contributed by atoms with Crippen molar-refractivity contribution in [3.63, 3.8) is 0 Å². The molecule has 0 aliphatic carbocycles. The highest BCUT2D eigenvalue weighted by molar-refractivity contribution is 9.10. The van der Waals surface area contributed by atoms with E-state index >= 15 is 0 Å². The molecule has 1 saturated heterocycles. The van der Waals surface area contributed by atoms with Crippen molar-refractivity contribution in [3.8, 4) is 0 Å². The molecule has 0 radical (unpaired) electrons. The summed E-state index contributed by atoms with van der Waals surface area (Å²) in [5.41, 5.74) is 2.87. The molecule has 1 N–H and O–H groups in total. The maximum atomic E-state index is 11.9. The van der Waals surface area contributed by atoms with E-state index in [9.17, 15) is 9.59 Å². The van der Waals surface area contributed by atoms with Gasteiger partial charge in [-0.05, 0) is 31.0 Å². The average molecular weight is 312 g/mol. The van der Waals surface area contributed by atoms with E-state index in [1.807, 2.05) is 26.0 Å². The molecule has 1 fully saturated rings. The van der Waals surface area contributed by atoms with Gasteiger partial charge in [-0.15, -0.1) is 0 Å². The number of nitrogens with zero attached hydrogens (tertiary/aromatic N) is 1. The normalized spacial score (nSPS) is 19.4. The van der Waals surface area contributed by atoms with Crippen molar-refractivity contribution in [2.75, 3.05) is 11.4 Å². The van der Waals surface area contributed by atoms with Gasteiger partial charge in [-0.3, -0.25) is 9.59 Å². The summed E-state index contributed by atoms with van der Waals surface area (Å²) in [5.74, 6) is -1.63. The Morgan fingerprint density at radius 1 is 1.39 bits per heavy atom. The Bertz CT molecular complexity index is 527. The van der Waals surface area contributed by atoms with Crippen LogP contribution < -0.4 is 4.90 Å². The van der Waals surface area contributed by atoms with Crippen LogP contribution in [0, 0.1) is 19.8 Å². The van der Waals surface area contributed by atoms with Crippen LogP contribution in [-0.4, -0.2) is 23.5 Å². The second kappa shape index (κ2) is 4.72. The Balaban J connectivity index is 2.35. The fourth-order valence-corrected chi connectivity index (χ4v) is 2.54. The third-order valence-electron chi connectivity index (χ3n) is 3.24. The van der Waals surface area contributed by atoms with Crippen molar-refractivity contribution in [1.29, 1.82) is 0 Å². The van der Waals surface area contributed by atoms with Gasteiger partial charge in [0, 0.05) is 23.1 Å². The summed E-state index contributed by atoms with van der Waals surface area (Å²) >= 11 is 3.44. The number of rotatable bonds is 2. The van der Waals surface area contributed by atoms with Crippen LogP contribution in [0.25, 0.3) is 0 Å². The highest BCUT2D eigenvalue weighted by atomic mass is 79.9. The maximum absolute atomic E-state index is 11.9. The Morgan fingerprint density at radius 3 is 2.61 bits per heavy atom. The standard InChI is InChI=1S/C13H14BrNO3/c1-7-3-8(2)11(5-10(7)14)15-6-9(13(17)18)4-12(15)16/h3,5,9H,4,6H2,1-2H3,(H,17,18). The van der Waals surface area contributed by atoms with Gasteiger partial charge in [-0.1, -0.05) is 22.0 Å². The minimum Gasteiger partial charge on any atom is -0.481 e. The fraction of sp³-hybridized carbons (Fsp3) is 0.385. The van der Waals surface area contributed by atoms with E-state index in [0.717, 1.165) is 21.3 Å². The van der Waals surface area contributed by atoms with E-state index in [1.54, 1.807) is 4.90 Å². The Kier molecular flexibility index (Phi) is 3.43. The molecule has 1 amide bonds. The SMILES string of the molecule is Cc1cc(C)c(N2CC(C(=O)O)CC2=O)cc1Br. The summed E-state index contributed by atoms with van der Waals surface area (Å²) in [6, 6.07) is 3.87. The first-order valence-electron chi connectivity index (χ1n) is 5.70. The van der Waals surface area contributed by atoms with Crippen LogP contribution in [0.5, 0.6) is 0 Å². The monoisotopic (exact) mass is 311 g/mol. The Labute approximate surface area is 114 Å². The number of hydrogen-bond donors (Lipinski definition) is 1. The maximum Gasteiger partial charge on any atom is 0.308 e. The van der Waals surface area contributed by atoms with Crippen molar-refractivity contribution in [3.05, 3.63) is 27.7 Å². The Hall–Kier alpha value is -1.36. The topological polar surface area (TPSA) is 57.6 Å². The number of anilines is 1. The third-order valence-corrected chi connectivity index (χ3v) is 4.10. The number of carbonyl (C=O) groups excluding carboxylic acids is 1. The molecule has 1 heterocycles. The second-order valence-corrected chi connectivity index (χ2v) is 5.49. The molecule has 1 aliphatic rings. The van der Waals surface area contributed by atoms with Crippen LogP contribution in [0.1, 0.15) is 17.5 Å². The first kappa shape index (κ1) is 13.1. The molecule has 1 aromatic rings. The third kappa shape index (κ3) is 2.27. The Morgan fingerprint density at radius 2 is 2.06 bits per heavy atom. The minimum absolute atomic E-state index is 0.0836. The lowest BCUT2D eigenvalue weighted by atomic mass is 10.1. The van der Waals surface area contributed by atoms with E-state index < -0.39 is 11.9 Å². The summed E-state index contributed by atoms with van der Waals surface area (Å²) in [7, 11) is 0. The zero-order valence-electron chi connectivity index (χ0n) is 10.2. The number of benzene rings is 1. The number of carboxylic acids is 1. The number of carboxylic acid groups (broad SMARTS) is 1. The lowest BCUT2D eigenvalue weighted by Gasteiger charge is -2.19. The van der Waals surface area contributed by atoms with Gasteiger partial charge in [0.1, 0.15) is 0 Å². The van der Waals surface area contributed by atoms with E-state index in [1.165, 1.54) is 0 Å². The van der Waals surface area contributed by atoms with Gasteiger partial charge in [0.2, 0.25) is 5.91 Å². The van der Waals surface area contributed by atoms with Gasteiger partial charge in [0.05, 0.1) is 5.92 Å². The van der Waals surface area contributed by atoms with Gasteiger partial charge in [-0.2, -0.15) is 0 Å². The molecule has 1 atom stereocenters. The quantitative estimate of drug-likeness (QED) is 0.913. The molecular formula is C13H14BrNO3. The van der Waals surface area contributed by atoms with Crippen LogP contribution in [0.2, 0.25) is 0 Å². The number of hydrogen-bond acceptors (Lipinski definition) is 2. The molecular weight excluding hydrogens is 298 g/mol. The predicted molar refractivity (Wildman–Crippen MR) is 71.7 cm³/mol. The summed E-state index contributed by atoms with van der Waals surface area (Å²) in [4.78, 5) is 24.4. The van der Waals surface area contributed by atoms with Gasteiger partial charge in [-0.25, -0.2) is 0 Å². The van der Waals surface area contributed by atoms with E-state index in [0.29, 0.717) is 0 Å². The zero-order chi connectivity index (χ0) is 13.4. The van der Waals surface area contributed by atoms with E-state index in [4.69, 9.17) is 5.11 Å². The van der Waals surface area contributed by atoms with Gasteiger partial charge in [0.25, 0.3) is 0 Å². The lowest BCUT2D eigenvalue weighted by molar-refractivity contribution is -0.141. The molecule has 1 unspecified atom stereocenters. The van der Waals surface area contributed by atoms with Crippen LogP contribution in [0.4, 0.5) is 5.69 Å². The molecule has 96 valence electrons. The number of aryl methyl sites for hydroxylation is 2. The van der Waals surface area contributed by atoms with Gasteiger partial charge in [0.15, 0.2) is 0 Å². The smallest absolute Gasteiger partial charge is 0.308 e. The highest BCUT2D eigenvalue weighted by Gasteiger charge is 2.35. The molecule has 2 rings (SSSR count). The minimum atomic E-state index is -0.908. The molecule has 0 bridgehead atoms. The summed E-state index contributed by atoms with van der Waals surface area (Å²) in [6.07, 6.45) is 0.0836. The molecule has 4 nitrogen and oxygen atoms in total. The molecule has 1 aromatic carbocycles. The molecule has 1 aliphatic heterocycles. The van der Waals surface area contributed by atoms with Crippen LogP contribution in [-0.2, 0) is 9.59 Å². The van der Waals surface area contributed by atoms with E-state index in [2.05, 4.69) is 15.9 Å². The number of carbonyl (C=O) groups is 2. The molecule has 5 heteroatoms. The number of aliphatic carboxylic acids is 1. The van der Waals surface area contributed by atoms with Crippen molar-refractivity contribution >= 4 is 33.5 Å².